The Morgan fingerprint density at radius 2 is 1.43 bits per heavy atom. The number of hydrogen-bond donors (Lipinski definition) is 3. The maximum Gasteiger partial charge on any atom is 0.143 e. The molecule has 5 heteroatoms. The molecule has 1 saturated heterocycles. The fourth-order valence-corrected chi connectivity index (χ4v) is 2.41. The van der Waals surface area contributed by atoms with Crippen LogP contribution in [0.3, 0.4) is 0 Å². The van der Waals surface area contributed by atoms with Crippen molar-refractivity contribution in [3.8, 4) is 6.07 Å². The molecule has 1 aliphatic rings. The number of amidine groups is 1. The van der Waals surface area contributed by atoms with E-state index >= 15 is 0 Å². The summed E-state index contributed by atoms with van der Waals surface area (Å²) < 4.78 is 0. The lowest BCUT2D eigenvalue weighted by molar-refractivity contribution is 0.857. The number of nitriles is 1. The van der Waals surface area contributed by atoms with Gasteiger partial charge < -0.3 is 16.9 Å². The molecule has 0 spiro atoms. The molecule has 0 aromatic heterocycles. The van der Waals surface area contributed by atoms with Gasteiger partial charge in [-0.15, -0.1) is 0 Å². The molecule has 1 heterocycles. The van der Waals surface area contributed by atoms with Crippen molar-refractivity contribution in [2.45, 2.75) is 47.5 Å². The predicted octanol–water partition coefficient (Wildman–Crippen LogP) is 4.89. The van der Waals surface area contributed by atoms with E-state index in [9.17, 15) is 0 Å². The summed E-state index contributed by atoms with van der Waals surface area (Å²) in [5.41, 5.74) is 10.8. The molecule has 2 aromatic carbocycles. The zero-order chi connectivity index (χ0) is 22.8. The van der Waals surface area contributed by atoms with Crippen LogP contribution in [0.5, 0.6) is 0 Å². The van der Waals surface area contributed by atoms with Gasteiger partial charge in [-0.1, -0.05) is 61.4 Å². The van der Waals surface area contributed by atoms with Crippen molar-refractivity contribution in [1.82, 2.24) is 5.32 Å². The van der Waals surface area contributed by atoms with E-state index in [-0.39, 0.29) is 0 Å². The molecule has 0 saturated carbocycles. The summed E-state index contributed by atoms with van der Waals surface area (Å²) in [4.78, 5) is 0. The molecule has 162 valence electrons. The molecule has 0 bridgehead atoms. The van der Waals surface area contributed by atoms with Crippen molar-refractivity contribution in [3.63, 3.8) is 0 Å². The Morgan fingerprint density at radius 3 is 1.80 bits per heavy atom. The minimum absolute atomic E-state index is 0.336. The van der Waals surface area contributed by atoms with Crippen LogP contribution in [0.4, 0.5) is 0 Å². The number of nitrogens with zero attached hydrogens (tertiary/aromatic N) is 2. The van der Waals surface area contributed by atoms with Crippen LogP contribution in [-0.2, 0) is 0 Å². The van der Waals surface area contributed by atoms with E-state index < -0.39 is 0 Å². The van der Waals surface area contributed by atoms with Gasteiger partial charge in [0.2, 0.25) is 0 Å². The summed E-state index contributed by atoms with van der Waals surface area (Å²) in [7, 11) is 0. The molecule has 30 heavy (non-hydrogen) atoms. The first kappa shape index (κ1) is 26.9. The largest absolute Gasteiger partial charge is 0.382 e. The van der Waals surface area contributed by atoms with Gasteiger partial charge in [0.05, 0.1) is 11.6 Å². The highest BCUT2D eigenvalue weighted by Crippen LogP contribution is 2.13. The van der Waals surface area contributed by atoms with Crippen molar-refractivity contribution < 1.29 is 0 Å². The number of allylic oxidation sites excluding steroid dienone is 1. The number of rotatable bonds is 2. The van der Waals surface area contributed by atoms with Crippen molar-refractivity contribution in [2.24, 2.45) is 16.7 Å². The van der Waals surface area contributed by atoms with Crippen LogP contribution in [0, 0.1) is 25.2 Å². The Hall–Kier alpha value is -3.10. The average molecular weight is 408 g/mol. The van der Waals surface area contributed by atoms with E-state index in [1.807, 2.05) is 64.1 Å². The maximum absolute atomic E-state index is 8.38. The van der Waals surface area contributed by atoms with Crippen LogP contribution in [0.2, 0.25) is 0 Å². The molecular formula is C25H37N5. The first-order valence-corrected chi connectivity index (χ1v) is 10.4. The fourth-order valence-electron chi connectivity index (χ4n) is 2.41. The minimum atomic E-state index is 0.336. The molecule has 3 rings (SSSR count). The third-order valence-electron chi connectivity index (χ3n) is 4.16. The Kier molecular flexibility index (Phi) is 15.1. The molecule has 0 amide bonds. The lowest BCUT2D eigenvalue weighted by atomic mass is 10.1. The number of hydrogen-bond acceptors (Lipinski definition) is 4. The summed E-state index contributed by atoms with van der Waals surface area (Å²) in [6.07, 6.45) is 4.53. The van der Waals surface area contributed by atoms with Gasteiger partial charge in [0, 0.05) is 0 Å². The lowest BCUT2D eigenvalue weighted by Crippen LogP contribution is -2.10. The number of benzene rings is 2. The Bertz CT molecular complexity index is 785. The summed E-state index contributed by atoms with van der Waals surface area (Å²) in [6, 6.07) is 17.8. The first-order chi connectivity index (χ1) is 14.5. The van der Waals surface area contributed by atoms with E-state index in [1.54, 1.807) is 6.08 Å². The van der Waals surface area contributed by atoms with Crippen molar-refractivity contribution >= 4 is 11.4 Å². The fraction of sp³-hybridized carbons (Fsp3) is 0.360. The second-order valence-electron chi connectivity index (χ2n) is 6.68. The van der Waals surface area contributed by atoms with Crippen LogP contribution >= 0.6 is 0 Å². The second-order valence-corrected chi connectivity index (χ2v) is 6.68. The van der Waals surface area contributed by atoms with Gasteiger partial charge in [-0.2, -0.15) is 10.4 Å². The highest BCUT2D eigenvalue weighted by Gasteiger charge is 1.95. The summed E-state index contributed by atoms with van der Waals surface area (Å²) >= 11 is 0. The van der Waals surface area contributed by atoms with Gasteiger partial charge in [-0.25, -0.2) is 0 Å². The van der Waals surface area contributed by atoms with Gasteiger partial charge in [-0.3, -0.25) is 0 Å². The van der Waals surface area contributed by atoms with E-state index in [4.69, 9.17) is 16.8 Å². The number of nitrogens with one attached hydrogen (secondary N) is 1. The maximum atomic E-state index is 8.38. The third-order valence-corrected chi connectivity index (χ3v) is 4.16. The van der Waals surface area contributed by atoms with Gasteiger partial charge in [0.1, 0.15) is 5.84 Å². The van der Waals surface area contributed by atoms with Gasteiger partial charge in [0.25, 0.3) is 0 Å². The van der Waals surface area contributed by atoms with Crippen molar-refractivity contribution in [3.05, 3.63) is 76.9 Å². The number of aryl methyl sites for hydroxylation is 2. The summed E-state index contributed by atoms with van der Waals surface area (Å²) in [6.45, 7) is 12.5. The topological polar surface area (TPSA) is 100 Å². The highest BCUT2D eigenvalue weighted by molar-refractivity contribution is 5.97. The number of hydrazone groups is 1. The molecule has 0 radical (unpaired) electrons. The van der Waals surface area contributed by atoms with Crippen LogP contribution in [-0.4, -0.2) is 18.9 Å². The molecule has 0 aliphatic carbocycles. The van der Waals surface area contributed by atoms with E-state index in [0.717, 1.165) is 16.7 Å². The zero-order valence-corrected chi connectivity index (χ0v) is 19.1. The van der Waals surface area contributed by atoms with Crippen molar-refractivity contribution in [1.29, 1.82) is 5.26 Å². The minimum Gasteiger partial charge on any atom is -0.382 e. The van der Waals surface area contributed by atoms with E-state index in [2.05, 4.69) is 35.5 Å². The summed E-state index contributed by atoms with van der Waals surface area (Å²) in [5, 5.41) is 15.0. The molecule has 0 atom stereocenters. The molecule has 0 unspecified atom stereocenters. The summed E-state index contributed by atoms with van der Waals surface area (Å²) in [5.74, 6) is 5.38. The first-order valence-electron chi connectivity index (χ1n) is 10.4. The van der Waals surface area contributed by atoms with Crippen molar-refractivity contribution in [2.75, 3.05) is 13.1 Å². The second kappa shape index (κ2) is 16.8. The van der Waals surface area contributed by atoms with Crippen LogP contribution in [0.25, 0.3) is 5.57 Å². The van der Waals surface area contributed by atoms with Crippen LogP contribution in [0.15, 0.2) is 59.7 Å². The monoisotopic (exact) mass is 407 g/mol. The highest BCUT2D eigenvalue weighted by atomic mass is 15.1. The Labute approximate surface area is 182 Å². The molecule has 1 fully saturated rings. The number of nitrogens with two attached hydrogens (primary N) is 2. The Morgan fingerprint density at radius 1 is 0.967 bits per heavy atom. The van der Waals surface area contributed by atoms with E-state index in [1.165, 1.54) is 37.1 Å². The lowest BCUT2D eigenvalue weighted by Gasteiger charge is -2.01. The van der Waals surface area contributed by atoms with E-state index in [0.29, 0.717) is 5.84 Å². The normalized spacial score (nSPS) is 12.8. The molecule has 5 N–H and O–H groups in total. The third kappa shape index (κ3) is 12.4. The van der Waals surface area contributed by atoms with Crippen LogP contribution in [0.1, 0.15) is 55.9 Å². The Balaban J connectivity index is 0.000000446. The van der Waals surface area contributed by atoms with Gasteiger partial charge in [0.15, 0.2) is 0 Å². The molecule has 2 aromatic rings. The smallest absolute Gasteiger partial charge is 0.143 e. The quantitative estimate of drug-likeness (QED) is 0.285. The zero-order valence-electron chi connectivity index (χ0n) is 19.1. The van der Waals surface area contributed by atoms with Gasteiger partial charge in [-0.05, 0) is 76.0 Å². The molecule has 5 nitrogen and oxygen atoms in total. The predicted molar refractivity (Wildman–Crippen MR) is 130 cm³/mol. The molecule has 1 aliphatic heterocycles. The average Bonchev–Trinajstić information content (AvgIpc) is 3.37. The SMILES string of the molecule is C/C(=C\C(N)=N\N)c1ccc(C)cc1.C1CCNC1.CC.Cc1ccc(C#N)cc1. The van der Waals surface area contributed by atoms with Crippen LogP contribution < -0.4 is 16.9 Å². The molecular weight excluding hydrogens is 370 g/mol. The standard InChI is InChI=1S/C11H15N3.C8H7N.C4H9N.C2H6/c1-8-3-5-10(6-4-8)9(2)7-11(12)14-13;1-7-2-4-8(6-9)5-3-7;1-2-4-5-3-1;1-2/h3-7H,13H2,1-2H3,(H2,12,14);2-5H,1H3;5H,1-4H2;1-2H3/b9-7+;;;. The van der Waals surface area contributed by atoms with Gasteiger partial charge >= 0.3 is 0 Å².